The van der Waals surface area contributed by atoms with Crippen molar-refractivity contribution in [3.8, 4) is 11.4 Å². The first-order chi connectivity index (χ1) is 14.0. The van der Waals surface area contributed by atoms with Crippen molar-refractivity contribution in [1.82, 2.24) is 19.7 Å². The fourth-order valence-electron chi connectivity index (χ4n) is 2.78. The minimum Gasteiger partial charge on any atom is -0.326 e. The zero-order valence-electron chi connectivity index (χ0n) is 16.6. The minimum atomic E-state index is -0.333. The number of nitrogens with one attached hydrogen (secondary N) is 1. The van der Waals surface area contributed by atoms with Crippen LogP contribution in [0.2, 0.25) is 0 Å². The number of pyridine rings is 1. The highest BCUT2D eigenvalue weighted by Gasteiger charge is 2.20. The van der Waals surface area contributed by atoms with Crippen molar-refractivity contribution in [2.45, 2.75) is 37.1 Å². The highest BCUT2D eigenvalue weighted by atomic mass is 32.2. The highest BCUT2D eigenvalue weighted by Crippen LogP contribution is 2.27. The molecule has 0 aliphatic heterocycles. The van der Waals surface area contributed by atoms with E-state index in [1.54, 1.807) is 36.7 Å². The Morgan fingerprint density at radius 3 is 2.59 bits per heavy atom. The zero-order valence-corrected chi connectivity index (χ0v) is 17.4. The Bertz CT molecular complexity index is 986. The van der Waals surface area contributed by atoms with Gasteiger partial charge in [0.05, 0.1) is 5.25 Å². The number of rotatable bonds is 8. The van der Waals surface area contributed by atoms with Crippen LogP contribution in [-0.4, -0.2) is 36.7 Å². The van der Waals surface area contributed by atoms with E-state index in [9.17, 15) is 9.59 Å². The lowest BCUT2D eigenvalue weighted by molar-refractivity contribution is -0.116. The average molecular weight is 410 g/mol. The Labute approximate surface area is 174 Å². The molecule has 0 spiro atoms. The predicted molar refractivity (Wildman–Crippen MR) is 114 cm³/mol. The molecule has 0 aliphatic carbocycles. The fraction of sp³-hybridized carbons (Fsp3) is 0.286. The third kappa shape index (κ3) is 5.08. The van der Waals surface area contributed by atoms with Gasteiger partial charge in [-0.2, -0.15) is 0 Å². The van der Waals surface area contributed by atoms with E-state index < -0.39 is 0 Å². The molecule has 1 atom stereocenters. The SMILES string of the molecule is CCCC(=O)Nc1ccc(C(=O)C(C)Sc2nnc(-c3cccnc3)n2C)cc1. The lowest BCUT2D eigenvalue weighted by atomic mass is 10.1. The molecular formula is C21H23N5O2S. The molecule has 150 valence electrons. The molecule has 2 aromatic heterocycles. The summed E-state index contributed by atoms with van der Waals surface area (Å²) in [5.41, 5.74) is 2.15. The van der Waals surface area contributed by atoms with Crippen molar-refractivity contribution in [1.29, 1.82) is 0 Å². The summed E-state index contributed by atoms with van der Waals surface area (Å²) in [6.45, 7) is 3.81. The van der Waals surface area contributed by atoms with Crippen molar-refractivity contribution in [2.75, 3.05) is 5.32 Å². The Hall–Kier alpha value is -3.00. The molecular weight excluding hydrogens is 386 g/mol. The summed E-state index contributed by atoms with van der Waals surface area (Å²) in [5, 5.41) is 11.6. The van der Waals surface area contributed by atoms with E-state index in [0.29, 0.717) is 28.7 Å². The van der Waals surface area contributed by atoms with Crippen LogP contribution in [0.25, 0.3) is 11.4 Å². The number of hydrogen-bond acceptors (Lipinski definition) is 6. The average Bonchev–Trinajstić information content (AvgIpc) is 3.09. The first-order valence-corrected chi connectivity index (χ1v) is 10.3. The van der Waals surface area contributed by atoms with E-state index in [2.05, 4.69) is 20.5 Å². The number of anilines is 1. The van der Waals surface area contributed by atoms with Gasteiger partial charge in [-0.25, -0.2) is 0 Å². The number of benzene rings is 1. The van der Waals surface area contributed by atoms with Crippen LogP contribution < -0.4 is 5.32 Å². The summed E-state index contributed by atoms with van der Waals surface area (Å²) < 4.78 is 1.86. The smallest absolute Gasteiger partial charge is 0.224 e. The van der Waals surface area contributed by atoms with Crippen molar-refractivity contribution in [2.24, 2.45) is 7.05 Å². The maximum Gasteiger partial charge on any atom is 0.224 e. The number of ketones is 1. The minimum absolute atomic E-state index is 0.00707. The molecule has 7 nitrogen and oxygen atoms in total. The van der Waals surface area contributed by atoms with Gasteiger partial charge in [-0.1, -0.05) is 18.7 Å². The van der Waals surface area contributed by atoms with Crippen LogP contribution in [0.15, 0.2) is 53.9 Å². The molecule has 1 amide bonds. The molecule has 0 saturated carbocycles. The number of carbonyl (C=O) groups excluding carboxylic acids is 2. The van der Waals surface area contributed by atoms with Gasteiger partial charge in [-0.05, 0) is 49.7 Å². The topological polar surface area (TPSA) is 89.8 Å². The van der Waals surface area contributed by atoms with E-state index >= 15 is 0 Å². The van der Waals surface area contributed by atoms with Crippen LogP contribution in [0.3, 0.4) is 0 Å². The maximum atomic E-state index is 12.8. The number of aromatic nitrogens is 4. The van der Waals surface area contributed by atoms with Gasteiger partial charge in [0.1, 0.15) is 0 Å². The Balaban J connectivity index is 1.67. The Morgan fingerprint density at radius 2 is 1.93 bits per heavy atom. The summed E-state index contributed by atoms with van der Waals surface area (Å²) >= 11 is 1.36. The van der Waals surface area contributed by atoms with Gasteiger partial charge in [0.25, 0.3) is 0 Å². The first-order valence-electron chi connectivity index (χ1n) is 9.40. The zero-order chi connectivity index (χ0) is 20.8. The molecule has 3 rings (SSSR count). The number of carbonyl (C=O) groups is 2. The molecule has 0 fully saturated rings. The van der Waals surface area contributed by atoms with E-state index in [1.807, 2.05) is 37.6 Å². The molecule has 1 aromatic carbocycles. The number of amides is 1. The molecule has 1 N–H and O–H groups in total. The second kappa shape index (κ2) is 9.47. The molecule has 3 aromatic rings. The third-order valence-corrected chi connectivity index (χ3v) is 5.47. The standard InChI is InChI=1S/C21H23N5O2S/c1-4-6-18(27)23-17-10-8-15(9-11-17)19(28)14(2)29-21-25-24-20(26(21)3)16-7-5-12-22-13-16/h5,7-14H,4,6H2,1-3H3,(H,23,27). The van der Waals surface area contributed by atoms with Crippen LogP contribution in [-0.2, 0) is 11.8 Å². The van der Waals surface area contributed by atoms with E-state index in [-0.39, 0.29) is 16.9 Å². The van der Waals surface area contributed by atoms with Gasteiger partial charge in [-0.3, -0.25) is 14.6 Å². The molecule has 1 unspecified atom stereocenters. The molecule has 2 heterocycles. The van der Waals surface area contributed by atoms with Crippen LogP contribution >= 0.6 is 11.8 Å². The van der Waals surface area contributed by atoms with E-state index in [1.165, 1.54) is 11.8 Å². The first kappa shape index (κ1) is 20.7. The van der Waals surface area contributed by atoms with Crippen LogP contribution in [0, 0.1) is 0 Å². The van der Waals surface area contributed by atoms with Crippen LogP contribution in [0.5, 0.6) is 0 Å². The van der Waals surface area contributed by atoms with Crippen molar-refractivity contribution in [3.05, 3.63) is 54.4 Å². The van der Waals surface area contributed by atoms with Gasteiger partial charge in [0.15, 0.2) is 16.8 Å². The highest BCUT2D eigenvalue weighted by molar-refractivity contribution is 8.00. The third-order valence-electron chi connectivity index (χ3n) is 4.34. The number of thioether (sulfide) groups is 1. The number of Topliss-reactive ketones (excluding diaryl/α,β-unsaturated/α-hetero) is 1. The fourth-order valence-corrected chi connectivity index (χ4v) is 3.67. The summed E-state index contributed by atoms with van der Waals surface area (Å²) in [6.07, 6.45) is 4.71. The van der Waals surface area contributed by atoms with Gasteiger partial charge in [-0.15, -0.1) is 10.2 Å². The maximum absolute atomic E-state index is 12.8. The Kier molecular flexibility index (Phi) is 6.77. The van der Waals surface area contributed by atoms with Crippen molar-refractivity contribution < 1.29 is 9.59 Å². The van der Waals surface area contributed by atoms with Gasteiger partial charge in [0.2, 0.25) is 5.91 Å². The summed E-state index contributed by atoms with van der Waals surface area (Å²) in [4.78, 5) is 28.6. The lowest BCUT2D eigenvalue weighted by Crippen LogP contribution is -2.15. The van der Waals surface area contributed by atoms with Crippen molar-refractivity contribution in [3.63, 3.8) is 0 Å². The molecule has 0 bridgehead atoms. The van der Waals surface area contributed by atoms with Crippen molar-refractivity contribution >= 4 is 29.1 Å². The normalized spacial score (nSPS) is 11.8. The van der Waals surface area contributed by atoms with Crippen LogP contribution in [0.1, 0.15) is 37.0 Å². The molecule has 0 radical (unpaired) electrons. The molecule has 0 saturated heterocycles. The van der Waals surface area contributed by atoms with Crippen LogP contribution in [0.4, 0.5) is 5.69 Å². The molecule has 8 heteroatoms. The number of nitrogens with zero attached hydrogens (tertiary/aromatic N) is 4. The monoisotopic (exact) mass is 409 g/mol. The molecule has 29 heavy (non-hydrogen) atoms. The van der Waals surface area contributed by atoms with Gasteiger partial charge < -0.3 is 9.88 Å². The summed E-state index contributed by atoms with van der Waals surface area (Å²) in [5.74, 6) is 0.669. The van der Waals surface area contributed by atoms with Gasteiger partial charge in [0, 0.05) is 42.7 Å². The largest absolute Gasteiger partial charge is 0.326 e. The molecule has 0 aliphatic rings. The van der Waals surface area contributed by atoms with Gasteiger partial charge >= 0.3 is 0 Å². The van der Waals surface area contributed by atoms with E-state index in [0.717, 1.165) is 12.0 Å². The summed E-state index contributed by atoms with van der Waals surface area (Å²) in [6, 6.07) is 10.7. The van der Waals surface area contributed by atoms with E-state index in [4.69, 9.17) is 0 Å². The predicted octanol–water partition coefficient (Wildman–Crippen LogP) is 3.98. The second-order valence-corrected chi connectivity index (χ2v) is 7.91. The number of hydrogen-bond donors (Lipinski definition) is 1. The second-order valence-electron chi connectivity index (χ2n) is 6.61. The lowest BCUT2D eigenvalue weighted by Gasteiger charge is -2.11. The Morgan fingerprint density at radius 1 is 1.17 bits per heavy atom. The summed E-state index contributed by atoms with van der Waals surface area (Å²) in [7, 11) is 1.87. The quantitative estimate of drug-likeness (QED) is 0.447.